The number of hydrogen-bond acceptors (Lipinski definition) is 4. The second-order valence-electron chi connectivity index (χ2n) is 6.52. The van der Waals surface area contributed by atoms with Crippen LogP contribution in [-0.2, 0) is 19.5 Å². The van der Waals surface area contributed by atoms with Gasteiger partial charge in [0.15, 0.2) is 23.3 Å². The van der Waals surface area contributed by atoms with Gasteiger partial charge in [-0.15, -0.1) is 0 Å². The predicted molar refractivity (Wildman–Crippen MR) is 95.2 cm³/mol. The molecule has 1 amide bonds. The highest BCUT2D eigenvalue weighted by Gasteiger charge is 2.15. The standard InChI is InChI=1S/C19H16F3N5O/c20-14-3-11(4-15(21)18(14)22)8-27-9-17(25-10-27)26-19(28)13-5-12-1-2-23-7-16(12)24-6-13/h3-6,9-10,23H,1-2,7-8H2,(H,26,28). The maximum absolute atomic E-state index is 13.3. The molecule has 0 aliphatic carbocycles. The lowest BCUT2D eigenvalue weighted by Crippen LogP contribution is -2.25. The van der Waals surface area contributed by atoms with Gasteiger partial charge in [-0.2, -0.15) is 0 Å². The van der Waals surface area contributed by atoms with E-state index in [0.29, 0.717) is 12.1 Å². The van der Waals surface area contributed by atoms with Gasteiger partial charge in [-0.05, 0) is 42.3 Å². The summed E-state index contributed by atoms with van der Waals surface area (Å²) in [4.78, 5) is 20.8. The Kier molecular flexibility index (Phi) is 4.82. The summed E-state index contributed by atoms with van der Waals surface area (Å²) in [5, 5.41) is 5.89. The molecule has 4 rings (SSSR count). The minimum Gasteiger partial charge on any atom is -0.331 e. The normalized spacial score (nSPS) is 13.2. The smallest absolute Gasteiger partial charge is 0.258 e. The molecule has 2 aromatic heterocycles. The lowest BCUT2D eigenvalue weighted by atomic mass is 10.0. The van der Waals surface area contributed by atoms with Gasteiger partial charge in [-0.1, -0.05) is 0 Å². The number of halogens is 3. The molecule has 0 bridgehead atoms. The molecule has 9 heteroatoms. The first-order chi connectivity index (χ1) is 13.5. The van der Waals surface area contributed by atoms with E-state index >= 15 is 0 Å². The second-order valence-corrected chi connectivity index (χ2v) is 6.52. The number of nitrogens with zero attached hydrogens (tertiary/aromatic N) is 3. The van der Waals surface area contributed by atoms with Crippen molar-refractivity contribution in [2.45, 2.75) is 19.5 Å². The van der Waals surface area contributed by atoms with E-state index in [2.05, 4.69) is 20.6 Å². The van der Waals surface area contributed by atoms with Gasteiger partial charge < -0.3 is 15.2 Å². The third kappa shape index (κ3) is 3.74. The lowest BCUT2D eigenvalue weighted by Gasteiger charge is -2.16. The van der Waals surface area contributed by atoms with Crippen molar-refractivity contribution in [3.05, 3.63) is 76.8 Å². The van der Waals surface area contributed by atoms with Crippen LogP contribution in [-0.4, -0.2) is 27.0 Å². The zero-order valence-electron chi connectivity index (χ0n) is 14.7. The van der Waals surface area contributed by atoms with Crippen LogP contribution in [0.15, 0.2) is 36.9 Å². The maximum Gasteiger partial charge on any atom is 0.258 e. The highest BCUT2D eigenvalue weighted by Crippen LogP contribution is 2.17. The number of benzene rings is 1. The number of fused-ring (bicyclic) bond motifs is 1. The molecule has 0 saturated heterocycles. The Morgan fingerprint density at radius 2 is 1.96 bits per heavy atom. The molecular weight excluding hydrogens is 371 g/mol. The van der Waals surface area contributed by atoms with Crippen LogP contribution in [0.25, 0.3) is 0 Å². The quantitative estimate of drug-likeness (QED) is 0.676. The van der Waals surface area contributed by atoms with Crippen molar-refractivity contribution in [3.8, 4) is 0 Å². The van der Waals surface area contributed by atoms with Gasteiger partial charge >= 0.3 is 0 Å². The summed E-state index contributed by atoms with van der Waals surface area (Å²) in [5.74, 6) is -4.07. The molecular formula is C19H16F3N5O. The van der Waals surface area contributed by atoms with Gasteiger partial charge in [-0.25, -0.2) is 18.2 Å². The van der Waals surface area contributed by atoms with E-state index in [9.17, 15) is 18.0 Å². The van der Waals surface area contributed by atoms with E-state index in [-0.39, 0.29) is 23.8 Å². The molecule has 144 valence electrons. The van der Waals surface area contributed by atoms with E-state index in [0.717, 1.165) is 36.4 Å². The topological polar surface area (TPSA) is 71.8 Å². The van der Waals surface area contributed by atoms with Crippen LogP contribution < -0.4 is 10.6 Å². The minimum atomic E-state index is -1.50. The summed E-state index contributed by atoms with van der Waals surface area (Å²) in [7, 11) is 0. The van der Waals surface area contributed by atoms with Crippen LogP contribution in [0.1, 0.15) is 27.2 Å². The Morgan fingerprint density at radius 3 is 2.75 bits per heavy atom. The van der Waals surface area contributed by atoms with Crippen LogP contribution in [0.4, 0.5) is 19.0 Å². The van der Waals surface area contributed by atoms with E-state index in [1.165, 1.54) is 23.3 Å². The molecule has 0 radical (unpaired) electrons. The molecule has 1 aromatic carbocycles. The van der Waals surface area contributed by atoms with Gasteiger partial charge in [0.25, 0.3) is 5.91 Å². The van der Waals surface area contributed by atoms with Crippen LogP contribution in [0.2, 0.25) is 0 Å². The van der Waals surface area contributed by atoms with Gasteiger partial charge in [0.2, 0.25) is 0 Å². The molecule has 1 aliphatic heterocycles. The van der Waals surface area contributed by atoms with Crippen LogP contribution in [0.5, 0.6) is 0 Å². The molecule has 2 N–H and O–H groups in total. The first-order valence-electron chi connectivity index (χ1n) is 8.64. The van der Waals surface area contributed by atoms with Gasteiger partial charge in [0.05, 0.1) is 17.6 Å². The van der Waals surface area contributed by atoms with Gasteiger partial charge in [0, 0.05) is 25.5 Å². The molecule has 3 aromatic rings. The monoisotopic (exact) mass is 387 g/mol. The molecule has 1 aliphatic rings. The number of imidazole rings is 1. The summed E-state index contributed by atoms with van der Waals surface area (Å²) >= 11 is 0. The third-order valence-corrected chi connectivity index (χ3v) is 4.47. The Hall–Kier alpha value is -3.20. The maximum atomic E-state index is 13.3. The molecule has 28 heavy (non-hydrogen) atoms. The van der Waals surface area contributed by atoms with E-state index in [1.54, 1.807) is 0 Å². The molecule has 0 fully saturated rings. The highest BCUT2D eigenvalue weighted by atomic mass is 19.2. The molecule has 0 saturated carbocycles. The number of aromatic nitrogens is 3. The lowest BCUT2D eigenvalue weighted by molar-refractivity contribution is 0.102. The average Bonchev–Trinajstić information content (AvgIpc) is 3.12. The fourth-order valence-corrected chi connectivity index (χ4v) is 3.08. The summed E-state index contributed by atoms with van der Waals surface area (Å²) in [6.45, 7) is 1.60. The van der Waals surface area contributed by atoms with Crippen molar-refractivity contribution in [3.63, 3.8) is 0 Å². The summed E-state index contributed by atoms with van der Waals surface area (Å²) in [6, 6.07) is 3.66. The molecule has 6 nitrogen and oxygen atoms in total. The third-order valence-electron chi connectivity index (χ3n) is 4.47. The van der Waals surface area contributed by atoms with Gasteiger partial charge in [-0.3, -0.25) is 9.78 Å². The summed E-state index contributed by atoms with van der Waals surface area (Å²) in [6.07, 6.45) is 5.25. The van der Waals surface area contributed by atoms with E-state index < -0.39 is 17.5 Å². The average molecular weight is 387 g/mol. The van der Waals surface area contributed by atoms with Crippen molar-refractivity contribution in [2.24, 2.45) is 0 Å². The number of amides is 1. The highest BCUT2D eigenvalue weighted by molar-refractivity contribution is 6.03. The van der Waals surface area contributed by atoms with Crippen molar-refractivity contribution in [1.29, 1.82) is 0 Å². The summed E-state index contributed by atoms with van der Waals surface area (Å²) in [5.41, 5.74) is 2.64. The van der Waals surface area contributed by atoms with Crippen LogP contribution >= 0.6 is 0 Å². The number of nitrogens with one attached hydrogen (secondary N) is 2. The number of pyridine rings is 1. The zero-order valence-corrected chi connectivity index (χ0v) is 14.7. The number of carbonyl (C=O) groups is 1. The minimum absolute atomic E-state index is 0.0738. The number of carbonyl (C=O) groups excluding carboxylic acids is 1. The zero-order chi connectivity index (χ0) is 19.7. The Balaban J connectivity index is 1.45. The first-order valence-corrected chi connectivity index (χ1v) is 8.64. The largest absolute Gasteiger partial charge is 0.331 e. The van der Waals surface area contributed by atoms with Crippen LogP contribution in [0, 0.1) is 17.5 Å². The fourth-order valence-electron chi connectivity index (χ4n) is 3.08. The van der Waals surface area contributed by atoms with E-state index in [1.807, 2.05) is 6.07 Å². The van der Waals surface area contributed by atoms with Crippen molar-refractivity contribution in [2.75, 3.05) is 11.9 Å². The van der Waals surface area contributed by atoms with E-state index in [4.69, 9.17) is 0 Å². The predicted octanol–water partition coefficient (Wildman–Crippen LogP) is 2.64. The second kappa shape index (κ2) is 7.43. The van der Waals surface area contributed by atoms with Crippen molar-refractivity contribution >= 4 is 11.7 Å². The van der Waals surface area contributed by atoms with Crippen molar-refractivity contribution in [1.82, 2.24) is 19.9 Å². The Bertz CT molecular complexity index is 1030. The number of anilines is 1. The Labute approximate surface area is 158 Å². The van der Waals surface area contributed by atoms with Crippen molar-refractivity contribution < 1.29 is 18.0 Å². The SMILES string of the molecule is O=C(Nc1cn(Cc2cc(F)c(F)c(F)c2)cn1)c1cnc2c(c1)CCNC2. The fraction of sp³-hybridized carbons (Fsp3) is 0.211. The molecule has 3 heterocycles. The molecule has 0 atom stereocenters. The summed E-state index contributed by atoms with van der Waals surface area (Å²) < 4.78 is 41.2. The first kappa shape index (κ1) is 18.2. The van der Waals surface area contributed by atoms with Gasteiger partial charge in [0.1, 0.15) is 0 Å². The number of rotatable bonds is 4. The Morgan fingerprint density at radius 1 is 1.18 bits per heavy atom. The number of hydrogen-bond donors (Lipinski definition) is 2. The van der Waals surface area contributed by atoms with Crippen LogP contribution in [0.3, 0.4) is 0 Å². The molecule has 0 spiro atoms. The molecule has 0 unspecified atom stereocenters.